The van der Waals surface area contributed by atoms with Gasteiger partial charge >= 0.3 is 0 Å². The maximum Gasteiger partial charge on any atom is 0.0931 e. The van der Waals surface area contributed by atoms with E-state index in [4.69, 9.17) is 17.3 Å². The Bertz CT molecular complexity index is 408. The Kier molecular flexibility index (Phi) is 4.93. The van der Waals surface area contributed by atoms with Gasteiger partial charge in [-0.25, -0.2) is 0 Å². The van der Waals surface area contributed by atoms with Crippen LogP contribution in [0.25, 0.3) is 0 Å². The van der Waals surface area contributed by atoms with Crippen LogP contribution in [0, 0.1) is 5.92 Å². The molecule has 1 aromatic rings. The highest BCUT2D eigenvalue weighted by atomic mass is 35.5. The summed E-state index contributed by atoms with van der Waals surface area (Å²) in [6.07, 6.45) is 5.93. The van der Waals surface area contributed by atoms with Gasteiger partial charge < -0.3 is 10.6 Å². The minimum atomic E-state index is 0.156. The minimum Gasteiger partial charge on any atom is -0.326 e. The molecule has 1 atom stereocenters. The summed E-state index contributed by atoms with van der Waals surface area (Å²) in [5.41, 5.74) is 6.75. The quantitative estimate of drug-likeness (QED) is 0.917. The van der Waals surface area contributed by atoms with Gasteiger partial charge in [0, 0.05) is 16.5 Å². The zero-order valence-electron chi connectivity index (χ0n) is 12.2. The molecular weight excluding hydrogens is 276 g/mol. The molecule has 1 heterocycles. The standard InChI is InChI=1S/C15H25ClN2S/c1-11-6-8-15(9-7-11,18(2)3)13(17)10-12-4-5-14(16)19-12/h4-5,11,13H,6-10,17H2,1-3H3. The van der Waals surface area contributed by atoms with Crippen molar-refractivity contribution in [3.63, 3.8) is 0 Å². The molecule has 2 N–H and O–H groups in total. The van der Waals surface area contributed by atoms with E-state index in [1.165, 1.54) is 30.6 Å². The Morgan fingerprint density at radius 3 is 2.53 bits per heavy atom. The molecule has 1 aliphatic rings. The molecule has 1 unspecified atom stereocenters. The zero-order valence-corrected chi connectivity index (χ0v) is 13.7. The SMILES string of the molecule is CC1CCC(C(N)Cc2ccc(Cl)s2)(N(C)C)CC1. The molecule has 0 aromatic carbocycles. The molecule has 0 amide bonds. The second kappa shape index (κ2) is 6.13. The largest absolute Gasteiger partial charge is 0.326 e. The van der Waals surface area contributed by atoms with E-state index in [1.54, 1.807) is 11.3 Å². The number of thiophene rings is 1. The van der Waals surface area contributed by atoms with E-state index < -0.39 is 0 Å². The predicted molar refractivity (Wildman–Crippen MR) is 85.1 cm³/mol. The van der Waals surface area contributed by atoms with Crippen molar-refractivity contribution in [3.8, 4) is 0 Å². The maximum absolute atomic E-state index is 6.59. The zero-order chi connectivity index (χ0) is 14.0. The third kappa shape index (κ3) is 3.33. The number of likely N-dealkylation sites (N-methyl/N-ethyl adjacent to an activating group) is 1. The van der Waals surface area contributed by atoms with Crippen molar-refractivity contribution in [1.82, 2.24) is 4.90 Å². The molecule has 19 heavy (non-hydrogen) atoms. The van der Waals surface area contributed by atoms with Gasteiger partial charge in [0.1, 0.15) is 0 Å². The third-order valence-corrected chi connectivity index (χ3v) is 6.02. The Balaban J connectivity index is 2.10. The second-order valence-corrected chi connectivity index (χ2v) is 8.00. The van der Waals surface area contributed by atoms with Crippen molar-refractivity contribution >= 4 is 22.9 Å². The van der Waals surface area contributed by atoms with E-state index in [2.05, 4.69) is 32.0 Å². The number of hydrogen-bond donors (Lipinski definition) is 1. The van der Waals surface area contributed by atoms with Crippen molar-refractivity contribution in [2.75, 3.05) is 14.1 Å². The first-order valence-corrected chi connectivity index (χ1v) is 8.31. The van der Waals surface area contributed by atoms with Crippen molar-refractivity contribution < 1.29 is 0 Å². The molecule has 1 saturated carbocycles. The molecule has 1 aromatic heterocycles. The molecule has 0 aliphatic heterocycles. The molecule has 2 rings (SSSR count). The summed E-state index contributed by atoms with van der Waals surface area (Å²) >= 11 is 7.67. The normalized spacial score (nSPS) is 29.7. The molecule has 0 bridgehead atoms. The second-order valence-electron chi connectivity index (χ2n) is 6.20. The van der Waals surface area contributed by atoms with E-state index in [0.29, 0.717) is 0 Å². The van der Waals surface area contributed by atoms with E-state index in [9.17, 15) is 0 Å². The van der Waals surface area contributed by atoms with Gasteiger partial charge in [-0.05, 0) is 64.3 Å². The van der Waals surface area contributed by atoms with Gasteiger partial charge in [-0.15, -0.1) is 11.3 Å². The van der Waals surface area contributed by atoms with E-state index in [0.717, 1.165) is 16.7 Å². The average Bonchev–Trinajstić information content (AvgIpc) is 2.75. The fraction of sp³-hybridized carbons (Fsp3) is 0.733. The summed E-state index contributed by atoms with van der Waals surface area (Å²) in [6.45, 7) is 2.35. The highest BCUT2D eigenvalue weighted by Gasteiger charge is 2.41. The highest BCUT2D eigenvalue weighted by Crippen LogP contribution is 2.38. The van der Waals surface area contributed by atoms with Crippen LogP contribution in [0.4, 0.5) is 0 Å². The summed E-state index contributed by atoms with van der Waals surface area (Å²) in [7, 11) is 4.36. The van der Waals surface area contributed by atoms with Gasteiger partial charge in [0.25, 0.3) is 0 Å². The van der Waals surface area contributed by atoms with Crippen molar-refractivity contribution in [3.05, 3.63) is 21.3 Å². The van der Waals surface area contributed by atoms with Crippen molar-refractivity contribution in [1.29, 1.82) is 0 Å². The Hall–Kier alpha value is -0.0900. The first-order chi connectivity index (χ1) is 8.94. The summed E-state index contributed by atoms with van der Waals surface area (Å²) < 4.78 is 0.860. The van der Waals surface area contributed by atoms with Crippen LogP contribution in [0.15, 0.2) is 12.1 Å². The molecule has 4 heteroatoms. The summed E-state index contributed by atoms with van der Waals surface area (Å²) in [5, 5.41) is 0. The minimum absolute atomic E-state index is 0.156. The third-order valence-electron chi connectivity index (χ3n) is 4.77. The first kappa shape index (κ1) is 15.3. The molecule has 108 valence electrons. The fourth-order valence-electron chi connectivity index (χ4n) is 3.28. The van der Waals surface area contributed by atoms with Gasteiger partial charge in [-0.3, -0.25) is 0 Å². The van der Waals surface area contributed by atoms with Crippen LogP contribution in [0.3, 0.4) is 0 Å². The summed E-state index contributed by atoms with van der Waals surface area (Å²) in [6, 6.07) is 4.27. The average molecular weight is 301 g/mol. The fourth-order valence-corrected chi connectivity index (χ4v) is 4.43. The van der Waals surface area contributed by atoms with Crippen LogP contribution < -0.4 is 5.73 Å². The van der Waals surface area contributed by atoms with E-state index in [-0.39, 0.29) is 11.6 Å². The predicted octanol–water partition coefficient (Wildman–Crippen LogP) is 3.78. The monoisotopic (exact) mass is 300 g/mol. The Morgan fingerprint density at radius 2 is 2.05 bits per heavy atom. The molecule has 2 nitrogen and oxygen atoms in total. The Morgan fingerprint density at radius 1 is 1.42 bits per heavy atom. The number of hydrogen-bond acceptors (Lipinski definition) is 3. The van der Waals surface area contributed by atoms with Crippen LogP contribution >= 0.6 is 22.9 Å². The lowest BCUT2D eigenvalue weighted by atomic mass is 9.71. The lowest BCUT2D eigenvalue weighted by Crippen LogP contribution is -2.59. The molecule has 0 saturated heterocycles. The maximum atomic E-state index is 6.59. The summed E-state index contributed by atoms with van der Waals surface area (Å²) in [4.78, 5) is 3.66. The van der Waals surface area contributed by atoms with Gasteiger partial charge in [-0.1, -0.05) is 18.5 Å². The van der Waals surface area contributed by atoms with Gasteiger partial charge in [0.15, 0.2) is 0 Å². The van der Waals surface area contributed by atoms with Crippen LogP contribution in [0.1, 0.15) is 37.5 Å². The van der Waals surface area contributed by atoms with Gasteiger partial charge in [-0.2, -0.15) is 0 Å². The van der Waals surface area contributed by atoms with E-state index in [1.807, 2.05) is 6.07 Å². The van der Waals surface area contributed by atoms with Crippen LogP contribution in [0.5, 0.6) is 0 Å². The van der Waals surface area contributed by atoms with Crippen molar-refractivity contribution in [2.45, 2.75) is 50.6 Å². The molecule has 0 spiro atoms. The number of nitrogens with zero attached hydrogens (tertiary/aromatic N) is 1. The smallest absolute Gasteiger partial charge is 0.0931 e. The van der Waals surface area contributed by atoms with Crippen molar-refractivity contribution in [2.24, 2.45) is 11.7 Å². The molecular formula is C15H25ClN2S. The molecule has 0 radical (unpaired) electrons. The molecule has 1 aliphatic carbocycles. The summed E-state index contributed by atoms with van der Waals surface area (Å²) in [5.74, 6) is 0.844. The van der Waals surface area contributed by atoms with Crippen LogP contribution in [0.2, 0.25) is 4.34 Å². The lowest BCUT2D eigenvalue weighted by molar-refractivity contribution is 0.0571. The topological polar surface area (TPSA) is 29.3 Å². The lowest BCUT2D eigenvalue weighted by Gasteiger charge is -2.48. The van der Waals surface area contributed by atoms with E-state index >= 15 is 0 Å². The number of rotatable bonds is 4. The molecule has 1 fully saturated rings. The van der Waals surface area contributed by atoms with Gasteiger partial charge in [0.05, 0.1) is 4.34 Å². The highest BCUT2D eigenvalue weighted by molar-refractivity contribution is 7.16. The Labute approximate surface area is 125 Å². The van der Waals surface area contributed by atoms with Crippen LogP contribution in [-0.4, -0.2) is 30.6 Å². The first-order valence-electron chi connectivity index (χ1n) is 7.11. The van der Waals surface area contributed by atoms with Crippen LogP contribution in [-0.2, 0) is 6.42 Å². The number of nitrogens with two attached hydrogens (primary N) is 1. The van der Waals surface area contributed by atoms with Gasteiger partial charge in [0.2, 0.25) is 0 Å². The number of halogens is 1.